The summed E-state index contributed by atoms with van der Waals surface area (Å²) in [7, 11) is 3.61. The van der Waals surface area contributed by atoms with Crippen LogP contribution in [0.3, 0.4) is 0 Å². The van der Waals surface area contributed by atoms with E-state index in [-0.39, 0.29) is 0 Å². The Morgan fingerprint density at radius 2 is 2.16 bits per heavy atom. The first-order chi connectivity index (χ1) is 12.2. The fraction of sp³-hybridized carbons (Fsp3) is 0.474. The second kappa shape index (κ2) is 7.58. The third-order valence-corrected chi connectivity index (χ3v) is 4.75. The van der Waals surface area contributed by atoms with Gasteiger partial charge in [0.15, 0.2) is 0 Å². The van der Waals surface area contributed by atoms with E-state index < -0.39 is 0 Å². The smallest absolute Gasteiger partial charge is 0.216 e. The van der Waals surface area contributed by atoms with Gasteiger partial charge in [0.1, 0.15) is 18.4 Å². The van der Waals surface area contributed by atoms with Crippen LogP contribution in [0.2, 0.25) is 0 Å². The molecule has 0 bridgehead atoms. The van der Waals surface area contributed by atoms with Gasteiger partial charge in [-0.2, -0.15) is 10.4 Å². The van der Waals surface area contributed by atoms with Crippen molar-refractivity contribution >= 4 is 0 Å². The van der Waals surface area contributed by atoms with Crippen LogP contribution in [0.4, 0.5) is 0 Å². The number of ether oxygens (including phenoxy) is 2. The average Bonchev–Trinajstić information content (AvgIpc) is 3.18. The van der Waals surface area contributed by atoms with Crippen molar-refractivity contribution in [2.75, 3.05) is 26.8 Å². The Labute approximate surface area is 148 Å². The van der Waals surface area contributed by atoms with Crippen molar-refractivity contribution in [3.8, 4) is 17.7 Å². The lowest BCUT2D eigenvalue weighted by molar-refractivity contribution is 0.194. The topological polar surface area (TPSA) is 63.3 Å². The number of aromatic nitrogens is 2. The number of aryl methyl sites for hydroxylation is 2. The van der Waals surface area contributed by atoms with E-state index in [4.69, 9.17) is 14.7 Å². The van der Waals surface area contributed by atoms with Gasteiger partial charge in [-0.1, -0.05) is 12.1 Å². The van der Waals surface area contributed by atoms with Crippen molar-refractivity contribution < 1.29 is 9.47 Å². The monoisotopic (exact) mass is 340 g/mol. The van der Waals surface area contributed by atoms with Gasteiger partial charge < -0.3 is 9.47 Å². The third-order valence-electron chi connectivity index (χ3n) is 4.75. The van der Waals surface area contributed by atoms with Gasteiger partial charge >= 0.3 is 0 Å². The minimum Gasteiger partial charge on any atom is -0.491 e. The molecule has 1 aliphatic heterocycles. The van der Waals surface area contributed by atoms with Gasteiger partial charge in [0, 0.05) is 19.6 Å². The molecule has 0 aliphatic carbocycles. The van der Waals surface area contributed by atoms with Crippen molar-refractivity contribution in [3.05, 3.63) is 41.1 Å². The number of rotatable bonds is 6. The van der Waals surface area contributed by atoms with Gasteiger partial charge in [0.2, 0.25) is 5.88 Å². The highest BCUT2D eigenvalue weighted by atomic mass is 16.5. The molecule has 2 aromatic rings. The molecule has 1 aromatic heterocycles. The van der Waals surface area contributed by atoms with Crippen LogP contribution in [0.25, 0.3) is 0 Å². The number of benzene rings is 1. The first-order valence-corrected chi connectivity index (χ1v) is 8.59. The maximum Gasteiger partial charge on any atom is 0.216 e. The lowest BCUT2D eigenvalue weighted by atomic mass is 10.1. The highest BCUT2D eigenvalue weighted by Gasteiger charge is 2.31. The number of hydrogen-bond acceptors (Lipinski definition) is 5. The number of methoxy groups -OCH3 is 1. The van der Waals surface area contributed by atoms with Crippen LogP contribution < -0.4 is 9.47 Å². The van der Waals surface area contributed by atoms with E-state index in [0.717, 1.165) is 37.5 Å². The number of likely N-dealkylation sites (tertiary alicyclic amines) is 1. The Morgan fingerprint density at radius 3 is 2.92 bits per heavy atom. The summed E-state index contributed by atoms with van der Waals surface area (Å²) < 4.78 is 13.2. The summed E-state index contributed by atoms with van der Waals surface area (Å²) in [5.74, 6) is 1.49. The second-order valence-corrected chi connectivity index (χ2v) is 6.28. The number of hydrogen-bond donors (Lipinski definition) is 0. The summed E-state index contributed by atoms with van der Waals surface area (Å²) in [6, 6.07) is 9.82. The van der Waals surface area contributed by atoms with Crippen LogP contribution in [0.15, 0.2) is 24.3 Å². The summed E-state index contributed by atoms with van der Waals surface area (Å²) >= 11 is 0. The molecule has 6 heteroatoms. The van der Waals surface area contributed by atoms with E-state index in [1.54, 1.807) is 17.9 Å². The number of nitrogens with zero attached hydrogens (tertiary/aromatic N) is 4. The minimum absolute atomic E-state index is 0.304. The van der Waals surface area contributed by atoms with E-state index in [9.17, 15) is 0 Å². The zero-order chi connectivity index (χ0) is 17.8. The fourth-order valence-electron chi connectivity index (χ4n) is 3.66. The third kappa shape index (κ3) is 3.47. The second-order valence-electron chi connectivity index (χ2n) is 6.28. The maximum absolute atomic E-state index is 9.15. The molecule has 1 fully saturated rings. The lowest BCUT2D eigenvalue weighted by Gasteiger charge is -2.25. The number of para-hydroxylation sites is 1. The maximum atomic E-state index is 9.15. The highest BCUT2D eigenvalue weighted by Crippen LogP contribution is 2.38. The molecule has 1 aliphatic rings. The molecular formula is C19H24N4O2. The molecule has 3 rings (SSSR count). The van der Waals surface area contributed by atoms with E-state index >= 15 is 0 Å². The van der Waals surface area contributed by atoms with Crippen molar-refractivity contribution in [2.45, 2.75) is 25.8 Å². The Morgan fingerprint density at radius 1 is 1.36 bits per heavy atom. The van der Waals surface area contributed by atoms with Crippen molar-refractivity contribution in [3.63, 3.8) is 0 Å². The molecule has 0 spiro atoms. The van der Waals surface area contributed by atoms with E-state index in [1.165, 1.54) is 5.56 Å². The molecule has 6 nitrogen and oxygen atoms in total. The van der Waals surface area contributed by atoms with E-state index in [1.807, 2.05) is 32.2 Å². The Bertz CT molecular complexity index is 778. The van der Waals surface area contributed by atoms with Crippen LogP contribution in [-0.4, -0.2) is 41.5 Å². The molecule has 0 saturated carbocycles. The summed E-state index contributed by atoms with van der Waals surface area (Å²) in [5, 5.41) is 13.7. The van der Waals surface area contributed by atoms with E-state index in [2.05, 4.69) is 16.1 Å². The molecule has 0 N–H and O–H groups in total. The van der Waals surface area contributed by atoms with Crippen LogP contribution >= 0.6 is 0 Å². The molecular weight excluding hydrogens is 316 g/mol. The Kier molecular flexibility index (Phi) is 5.25. The molecule has 2 heterocycles. The van der Waals surface area contributed by atoms with Gasteiger partial charge in [-0.15, -0.1) is 0 Å². The zero-order valence-electron chi connectivity index (χ0n) is 15.0. The minimum atomic E-state index is 0.304. The summed E-state index contributed by atoms with van der Waals surface area (Å²) in [6.07, 6.45) is 2.24. The predicted molar refractivity (Wildman–Crippen MR) is 94.7 cm³/mol. The molecule has 0 radical (unpaired) electrons. The largest absolute Gasteiger partial charge is 0.491 e. The van der Waals surface area contributed by atoms with Gasteiger partial charge in [-0.25, -0.2) is 4.68 Å². The van der Waals surface area contributed by atoms with Crippen LogP contribution in [0.1, 0.15) is 35.7 Å². The standard InChI is InChI=1S/C19H24N4O2/c1-14-18(19(24-3)22(2)21-14)16-8-6-10-23(16)11-12-25-17-9-5-4-7-15(17)13-20/h4-5,7,9,16H,6,8,10-12H2,1-3H3. The summed E-state index contributed by atoms with van der Waals surface area (Å²) in [6.45, 7) is 4.43. The van der Waals surface area contributed by atoms with Gasteiger partial charge in [0.05, 0.1) is 23.9 Å². The first kappa shape index (κ1) is 17.3. The zero-order valence-corrected chi connectivity index (χ0v) is 15.0. The summed E-state index contributed by atoms with van der Waals surface area (Å²) in [5.41, 5.74) is 2.78. The quantitative estimate of drug-likeness (QED) is 0.809. The van der Waals surface area contributed by atoms with Gasteiger partial charge in [0.25, 0.3) is 0 Å². The van der Waals surface area contributed by atoms with Gasteiger partial charge in [-0.05, 0) is 38.4 Å². The highest BCUT2D eigenvalue weighted by molar-refractivity contribution is 5.42. The Hall–Kier alpha value is -2.52. The fourth-order valence-corrected chi connectivity index (χ4v) is 3.66. The SMILES string of the molecule is COc1c(C2CCCN2CCOc2ccccc2C#N)c(C)nn1C. The molecule has 1 atom stereocenters. The van der Waals surface area contributed by atoms with Crippen LogP contribution in [0, 0.1) is 18.3 Å². The van der Waals surface area contributed by atoms with Crippen molar-refractivity contribution in [2.24, 2.45) is 7.05 Å². The number of nitriles is 1. The molecule has 132 valence electrons. The molecule has 0 amide bonds. The normalized spacial score (nSPS) is 17.4. The molecule has 25 heavy (non-hydrogen) atoms. The summed E-state index contributed by atoms with van der Waals surface area (Å²) in [4.78, 5) is 2.42. The lowest BCUT2D eigenvalue weighted by Crippen LogP contribution is -2.28. The van der Waals surface area contributed by atoms with Crippen molar-refractivity contribution in [1.82, 2.24) is 14.7 Å². The molecule has 1 saturated heterocycles. The first-order valence-electron chi connectivity index (χ1n) is 8.59. The van der Waals surface area contributed by atoms with Crippen molar-refractivity contribution in [1.29, 1.82) is 5.26 Å². The van der Waals surface area contributed by atoms with E-state index in [0.29, 0.717) is 24.0 Å². The molecule has 1 aromatic carbocycles. The average molecular weight is 340 g/mol. The van der Waals surface area contributed by atoms with Crippen LogP contribution in [-0.2, 0) is 7.05 Å². The van der Waals surface area contributed by atoms with Gasteiger partial charge in [-0.3, -0.25) is 4.90 Å². The predicted octanol–water partition coefficient (Wildman–Crippen LogP) is 2.82. The molecule has 1 unspecified atom stereocenters. The Balaban J connectivity index is 1.68. The van der Waals surface area contributed by atoms with Crippen LogP contribution in [0.5, 0.6) is 11.6 Å².